The summed E-state index contributed by atoms with van der Waals surface area (Å²) in [6, 6.07) is 12.2. The van der Waals surface area contributed by atoms with Crippen molar-refractivity contribution in [2.24, 2.45) is 10.7 Å². The number of aryl methyl sites for hydroxylation is 2. The van der Waals surface area contributed by atoms with Crippen LogP contribution in [0.25, 0.3) is 0 Å². The number of rotatable bonds is 4. The quantitative estimate of drug-likeness (QED) is 0.663. The first-order valence-corrected chi connectivity index (χ1v) is 7.11. The monoisotopic (exact) mass is 302 g/mol. The summed E-state index contributed by atoms with van der Waals surface area (Å²) in [4.78, 5) is 4.35. The Balaban J connectivity index is 2.13. The van der Waals surface area contributed by atoms with E-state index in [2.05, 4.69) is 11.1 Å². The lowest BCUT2D eigenvalue weighted by atomic mass is 10.1. The smallest absolute Gasteiger partial charge is 0.270 e. The van der Waals surface area contributed by atoms with E-state index in [9.17, 15) is 8.78 Å². The largest absolute Gasteiger partial charge is 0.383 e. The third-order valence-corrected chi connectivity index (χ3v) is 3.41. The Labute approximate surface area is 129 Å². The molecular weight excluding hydrogens is 282 g/mol. The van der Waals surface area contributed by atoms with Crippen molar-refractivity contribution in [1.82, 2.24) is 0 Å². The summed E-state index contributed by atoms with van der Waals surface area (Å²) < 4.78 is 26.3. The van der Waals surface area contributed by atoms with E-state index in [-0.39, 0.29) is 5.56 Å². The first-order chi connectivity index (χ1) is 10.3. The van der Waals surface area contributed by atoms with Gasteiger partial charge in [-0.2, -0.15) is 0 Å². The van der Waals surface area contributed by atoms with Gasteiger partial charge in [-0.3, -0.25) is 4.99 Å². The maximum absolute atomic E-state index is 13.1. The van der Waals surface area contributed by atoms with Crippen molar-refractivity contribution in [3.63, 3.8) is 0 Å². The molecule has 2 rings (SSSR count). The number of aliphatic imine (C=N–C) groups is 1. The zero-order valence-corrected chi connectivity index (χ0v) is 13.0. The van der Waals surface area contributed by atoms with Crippen molar-refractivity contribution in [2.45, 2.75) is 33.2 Å². The van der Waals surface area contributed by atoms with Gasteiger partial charge in [-0.15, -0.1) is 0 Å². The molecule has 0 heterocycles. The topological polar surface area (TPSA) is 38.4 Å². The minimum atomic E-state index is -2.82. The van der Waals surface area contributed by atoms with Crippen molar-refractivity contribution >= 4 is 5.84 Å². The highest BCUT2D eigenvalue weighted by Gasteiger charge is 2.23. The Bertz CT molecular complexity index is 663. The van der Waals surface area contributed by atoms with E-state index >= 15 is 0 Å². The highest BCUT2D eigenvalue weighted by Crippen LogP contribution is 2.26. The van der Waals surface area contributed by atoms with Crippen LogP contribution in [0.5, 0.6) is 0 Å². The number of hydrogen-bond donors (Lipinski definition) is 1. The number of nitrogens with two attached hydrogens (primary N) is 1. The summed E-state index contributed by atoms with van der Waals surface area (Å²) in [5, 5.41) is 0. The first kappa shape index (κ1) is 16.1. The van der Waals surface area contributed by atoms with E-state index in [1.54, 1.807) is 12.1 Å². The Hall–Kier alpha value is -2.23. The Morgan fingerprint density at radius 3 is 2.09 bits per heavy atom. The normalized spacial score (nSPS) is 12.5. The third-order valence-electron chi connectivity index (χ3n) is 3.41. The van der Waals surface area contributed by atoms with Crippen LogP contribution in [0.3, 0.4) is 0 Å². The molecule has 116 valence electrons. The second-order valence-corrected chi connectivity index (χ2v) is 5.66. The minimum absolute atomic E-state index is 0.00232. The van der Waals surface area contributed by atoms with Crippen LogP contribution in [0.4, 0.5) is 8.78 Å². The van der Waals surface area contributed by atoms with Crippen LogP contribution in [0.2, 0.25) is 0 Å². The van der Waals surface area contributed by atoms with Crippen molar-refractivity contribution in [1.29, 1.82) is 0 Å². The molecule has 2 aromatic rings. The molecule has 0 aliphatic heterocycles. The second kappa shape index (κ2) is 6.26. The summed E-state index contributed by atoms with van der Waals surface area (Å²) in [5.41, 5.74) is 10.00. The van der Waals surface area contributed by atoms with Gasteiger partial charge in [-0.25, -0.2) is 8.78 Å². The van der Waals surface area contributed by atoms with Crippen LogP contribution in [0, 0.1) is 13.8 Å². The molecule has 4 heteroatoms. The lowest BCUT2D eigenvalue weighted by Crippen LogP contribution is -2.14. The molecule has 0 saturated carbocycles. The van der Waals surface area contributed by atoms with Crippen LogP contribution >= 0.6 is 0 Å². The molecule has 0 aromatic heterocycles. The van der Waals surface area contributed by atoms with Crippen LogP contribution in [0.15, 0.2) is 47.5 Å². The molecule has 2 N–H and O–H groups in total. The molecule has 22 heavy (non-hydrogen) atoms. The number of halogens is 2. The van der Waals surface area contributed by atoms with E-state index < -0.39 is 5.92 Å². The van der Waals surface area contributed by atoms with Gasteiger partial charge in [0, 0.05) is 18.1 Å². The highest BCUT2D eigenvalue weighted by atomic mass is 19.3. The summed E-state index contributed by atoms with van der Waals surface area (Å²) in [7, 11) is 0. The number of alkyl halides is 2. The van der Waals surface area contributed by atoms with Gasteiger partial charge in [0.15, 0.2) is 0 Å². The fourth-order valence-electron chi connectivity index (χ4n) is 2.29. The first-order valence-electron chi connectivity index (χ1n) is 7.11. The average molecular weight is 302 g/mol. The van der Waals surface area contributed by atoms with E-state index in [0.29, 0.717) is 12.4 Å². The average Bonchev–Trinajstić information content (AvgIpc) is 2.43. The van der Waals surface area contributed by atoms with Crippen molar-refractivity contribution in [3.05, 3.63) is 70.3 Å². The molecule has 2 nitrogen and oxygen atoms in total. The maximum Gasteiger partial charge on any atom is 0.270 e. The summed E-state index contributed by atoms with van der Waals surface area (Å²) in [5.74, 6) is -2.36. The number of hydrogen-bond acceptors (Lipinski definition) is 1. The fraction of sp³-hybridized carbons (Fsp3) is 0.278. The van der Waals surface area contributed by atoms with Gasteiger partial charge < -0.3 is 5.73 Å². The number of amidine groups is 1. The summed E-state index contributed by atoms with van der Waals surface area (Å²) in [6.07, 6.45) is 0. The van der Waals surface area contributed by atoms with Crippen LogP contribution in [0.1, 0.15) is 34.7 Å². The molecule has 0 amide bonds. The molecule has 0 bridgehead atoms. The van der Waals surface area contributed by atoms with Gasteiger partial charge in [0.1, 0.15) is 5.84 Å². The fourth-order valence-corrected chi connectivity index (χ4v) is 2.29. The van der Waals surface area contributed by atoms with E-state index in [1.165, 1.54) is 12.1 Å². The Morgan fingerprint density at radius 1 is 1.05 bits per heavy atom. The molecule has 0 aliphatic carbocycles. The third kappa shape index (κ3) is 4.13. The molecule has 0 aliphatic rings. The second-order valence-electron chi connectivity index (χ2n) is 5.66. The Morgan fingerprint density at radius 2 is 1.59 bits per heavy atom. The van der Waals surface area contributed by atoms with E-state index in [0.717, 1.165) is 29.2 Å². The highest BCUT2D eigenvalue weighted by molar-refractivity contribution is 5.97. The summed E-state index contributed by atoms with van der Waals surface area (Å²) >= 11 is 0. The molecule has 0 unspecified atom stereocenters. The molecular formula is C18H20F2N2. The van der Waals surface area contributed by atoms with Crippen molar-refractivity contribution in [2.75, 3.05) is 0 Å². The van der Waals surface area contributed by atoms with Crippen LogP contribution in [-0.2, 0) is 12.5 Å². The van der Waals surface area contributed by atoms with Crippen molar-refractivity contribution < 1.29 is 8.78 Å². The SMILES string of the molecule is Cc1cc(C)cc(C(N)=NCc2ccc(C(C)(F)F)cc2)c1. The van der Waals surface area contributed by atoms with Gasteiger partial charge >= 0.3 is 0 Å². The molecule has 0 spiro atoms. The predicted molar refractivity (Wildman–Crippen MR) is 86.4 cm³/mol. The van der Waals surface area contributed by atoms with E-state index in [4.69, 9.17) is 5.73 Å². The maximum atomic E-state index is 13.1. The molecule has 0 atom stereocenters. The molecule has 0 fully saturated rings. The standard InChI is InChI=1S/C18H20F2N2/c1-12-8-13(2)10-15(9-12)17(21)22-11-14-4-6-16(7-5-14)18(3,19)20/h4-10H,11H2,1-3H3,(H2,21,22). The zero-order valence-electron chi connectivity index (χ0n) is 13.0. The van der Waals surface area contributed by atoms with Gasteiger partial charge in [0.25, 0.3) is 5.92 Å². The predicted octanol–water partition coefficient (Wildman–Crippen LogP) is 4.32. The van der Waals surface area contributed by atoms with Gasteiger partial charge in [0.2, 0.25) is 0 Å². The van der Waals surface area contributed by atoms with Crippen molar-refractivity contribution in [3.8, 4) is 0 Å². The molecule has 0 radical (unpaired) electrons. The lowest BCUT2D eigenvalue weighted by molar-refractivity contribution is 0.0174. The minimum Gasteiger partial charge on any atom is -0.383 e. The van der Waals surface area contributed by atoms with Gasteiger partial charge in [-0.1, -0.05) is 41.5 Å². The van der Waals surface area contributed by atoms with Gasteiger partial charge in [0.05, 0.1) is 6.54 Å². The number of benzene rings is 2. The zero-order chi connectivity index (χ0) is 16.3. The Kier molecular flexibility index (Phi) is 4.59. The molecule has 2 aromatic carbocycles. The summed E-state index contributed by atoms with van der Waals surface area (Å²) in [6.45, 7) is 5.27. The van der Waals surface area contributed by atoms with E-state index in [1.807, 2.05) is 26.0 Å². The molecule has 0 saturated heterocycles. The van der Waals surface area contributed by atoms with Crippen LogP contribution < -0.4 is 5.73 Å². The van der Waals surface area contributed by atoms with Gasteiger partial charge in [-0.05, 0) is 31.5 Å². The lowest BCUT2D eigenvalue weighted by Gasteiger charge is -2.10. The number of nitrogens with zero attached hydrogens (tertiary/aromatic N) is 1. The van der Waals surface area contributed by atoms with Crippen LogP contribution in [-0.4, -0.2) is 5.84 Å².